The van der Waals surface area contributed by atoms with Gasteiger partial charge in [-0.3, -0.25) is 9.98 Å². The summed E-state index contributed by atoms with van der Waals surface area (Å²) in [6.45, 7) is 1.85. The molecule has 0 bridgehead atoms. The molecule has 2 aromatic carbocycles. The van der Waals surface area contributed by atoms with Gasteiger partial charge >= 0.3 is 0 Å². The molecule has 3 aromatic rings. The van der Waals surface area contributed by atoms with Gasteiger partial charge in [-0.1, -0.05) is 36.4 Å². The van der Waals surface area contributed by atoms with Crippen molar-refractivity contribution in [3.63, 3.8) is 0 Å². The van der Waals surface area contributed by atoms with E-state index in [4.69, 9.17) is 5.41 Å². The van der Waals surface area contributed by atoms with Crippen molar-refractivity contribution in [2.45, 2.75) is 6.92 Å². The summed E-state index contributed by atoms with van der Waals surface area (Å²) in [5.41, 5.74) is 5.31. The highest BCUT2D eigenvalue weighted by Gasteiger charge is 2.04. The smallest absolute Gasteiger partial charge is 0.0894 e. The topological polar surface area (TPSA) is 62.0 Å². The SMILES string of the molecule is C/C=N\C=C(/C=N)c1ccc(-c2cnc3ccccc3n2)cc1. The first kappa shape index (κ1) is 14.8. The van der Waals surface area contributed by atoms with E-state index in [1.165, 1.54) is 6.21 Å². The molecular formula is C19H16N4. The fraction of sp³-hybridized carbons (Fsp3) is 0.0526. The molecule has 1 heterocycles. The van der Waals surface area contributed by atoms with Crippen LogP contribution >= 0.6 is 0 Å². The summed E-state index contributed by atoms with van der Waals surface area (Å²) in [7, 11) is 0. The van der Waals surface area contributed by atoms with Crippen molar-refractivity contribution in [3.8, 4) is 11.3 Å². The van der Waals surface area contributed by atoms with Crippen LogP contribution in [0.3, 0.4) is 0 Å². The number of hydrogen-bond donors (Lipinski definition) is 1. The van der Waals surface area contributed by atoms with Gasteiger partial charge < -0.3 is 5.41 Å². The quantitative estimate of drug-likeness (QED) is 0.727. The minimum absolute atomic E-state index is 0.763. The summed E-state index contributed by atoms with van der Waals surface area (Å²) in [5, 5.41) is 7.49. The zero-order valence-corrected chi connectivity index (χ0v) is 12.8. The first-order chi connectivity index (χ1) is 11.3. The van der Waals surface area contributed by atoms with Crippen LogP contribution in [-0.4, -0.2) is 22.4 Å². The van der Waals surface area contributed by atoms with Crippen molar-refractivity contribution in [2.75, 3.05) is 0 Å². The maximum atomic E-state index is 7.49. The molecule has 4 nitrogen and oxygen atoms in total. The Morgan fingerprint density at radius 1 is 1.04 bits per heavy atom. The van der Waals surface area contributed by atoms with Crippen LogP contribution in [0.1, 0.15) is 12.5 Å². The minimum atomic E-state index is 0.763. The van der Waals surface area contributed by atoms with Crippen LogP contribution < -0.4 is 0 Å². The first-order valence-corrected chi connectivity index (χ1v) is 7.33. The first-order valence-electron chi connectivity index (χ1n) is 7.33. The summed E-state index contributed by atoms with van der Waals surface area (Å²) >= 11 is 0. The molecule has 4 heteroatoms. The van der Waals surface area contributed by atoms with Crippen LogP contribution in [0.4, 0.5) is 0 Å². The van der Waals surface area contributed by atoms with Crippen LogP contribution in [0.5, 0.6) is 0 Å². The van der Waals surface area contributed by atoms with Gasteiger partial charge in [-0.15, -0.1) is 0 Å². The maximum Gasteiger partial charge on any atom is 0.0894 e. The van der Waals surface area contributed by atoms with Crippen molar-refractivity contribution in [1.29, 1.82) is 5.41 Å². The Kier molecular flexibility index (Phi) is 4.34. The van der Waals surface area contributed by atoms with Gasteiger partial charge in [0.05, 0.1) is 22.9 Å². The minimum Gasteiger partial charge on any atom is -0.308 e. The summed E-state index contributed by atoms with van der Waals surface area (Å²) in [4.78, 5) is 13.2. The Morgan fingerprint density at radius 3 is 2.48 bits per heavy atom. The van der Waals surface area contributed by atoms with Crippen molar-refractivity contribution >= 4 is 29.0 Å². The monoisotopic (exact) mass is 300 g/mol. The number of aliphatic imine (C=N–C) groups is 1. The van der Waals surface area contributed by atoms with E-state index in [0.717, 1.165) is 33.4 Å². The van der Waals surface area contributed by atoms with Gasteiger partial charge in [0.2, 0.25) is 0 Å². The van der Waals surface area contributed by atoms with Crippen LogP contribution in [0.15, 0.2) is 65.9 Å². The summed E-state index contributed by atoms with van der Waals surface area (Å²) < 4.78 is 0. The second kappa shape index (κ2) is 6.75. The van der Waals surface area contributed by atoms with Gasteiger partial charge in [0.1, 0.15) is 0 Å². The second-order valence-corrected chi connectivity index (χ2v) is 4.96. The van der Waals surface area contributed by atoms with E-state index in [0.29, 0.717) is 0 Å². The van der Waals surface area contributed by atoms with E-state index in [9.17, 15) is 0 Å². The zero-order chi connectivity index (χ0) is 16.1. The van der Waals surface area contributed by atoms with E-state index < -0.39 is 0 Å². The predicted molar refractivity (Wildman–Crippen MR) is 95.9 cm³/mol. The fourth-order valence-corrected chi connectivity index (χ4v) is 2.28. The highest BCUT2D eigenvalue weighted by atomic mass is 14.8. The Labute approximate surface area is 134 Å². The van der Waals surface area contributed by atoms with Gasteiger partial charge in [0, 0.05) is 29.8 Å². The molecule has 0 saturated heterocycles. The van der Waals surface area contributed by atoms with Crippen molar-refractivity contribution in [1.82, 2.24) is 9.97 Å². The van der Waals surface area contributed by atoms with Gasteiger partial charge in [-0.25, -0.2) is 4.98 Å². The normalized spacial score (nSPS) is 12.0. The molecule has 0 saturated carbocycles. The zero-order valence-electron chi connectivity index (χ0n) is 12.8. The van der Waals surface area contributed by atoms with E-state index in [-0.39, 0.29) is 0 Å². The summed E-state index contributed by atoms with van der Waals surface area (Å²) in [6.07, 6.45) is 6.46. The fourth-order valence-electron chi connectivity index (χ4n) is 2.28. The molecule has 1 N–H and O–H groups in total. The lowest BCUT2D eigenvalue weighted by molar-refractivity contribution is 1.29. The number of benzene rings is 2. The lowest BCUT2D eigenvalue weighted by atomic mass is 10.0. The van der Waals surface area contributed by atoms with Gasteiger partial charge in [-0.05, 0) is 24.6 Å². The second-order valence-electron chi connectivity index (χ2n) is 4.96. The van der Waals surface area contributed by atoms with Crippen LogP contribution in [0.2, 0.25) is 0 Å². The molecule has 0 aliphatic rings. The van der Waals surface area contributed by atoms with E-state index in [1.807, 2.05) is 55.5 Å². The molecule has 23 heavy (non-hydrogen) atoms. The van der Waals surface area contributed by atoms with Crippen molar-refractivity contribution in [2.24, 2.45) is 4.99 Å². The van der Waals surface area contributed by atoms with E-state index in [1.54, 1.807) is 18.6 Å². The standard InChI is InChI=1S/C19H16N4/c1-2-21-12-16(11-20)14-7-9-15(10-8-14)19-13-22-17-5-3-4-6-18(17)23-19/h2-13,20H,1H3/b16-12+,20-11?,21-2-. The Bertz CT molecular complexity index is 893. The average Bonchev–Trinajstić information content (AvgIpc) is 2.62. The number of para-hydroxylation sites is 2. The molecule has 0 fully saturated rings. The Hall–Kier alpha value is -3.14. The molecule has 0 aliphatic carbocycles. The number of fused-ring (bicyclic) bond motifs is 1. The molecule has 3 rings (SSSR count). The molecule has 0 amide bonds. The summed E-state index contributed by atoms with van der Waals surface area (Å²) in [6, 6.07) is 15.7. The predicted octanol–water partition coefficient (Wildman–Crippen LogP) is 4.38. The van der Waals surface area contributed by atoms with Gasteiger partial charge in [-0.2, -0.15) is 0 Å². The molecule has 112 valence electrons. The largest absolute Gasteiger partial charge is 0.308 e. The van der Waals surface area contributed by atoms with Crippen LogP contribution in [0.25, 0.3) is 27.9 Å². The molecule has 0 radical (unpaired) electrons. The lowest BCUT2D eigenvalue weighted by Gasteiger charge is -2.05. The maximum absolute atomic E-state index is 7.49. The van der Waals surface area contributed by atoms with E-state index >= 15 is 0 Å². The third kappa shape index (κ3) is 3.21. The highest BCUT2D eigenvalue weighted by molar-refractivity contribution is 6.08. The molecule has 0 aliphatic heterocycles. The number of rotatable bonds is 4. The number of hydrogen-bond acceptors (Lipinski definition) is 4. The third-order valence-corrected chi connectivity index (χ3v) is 3.48. The van der Waals surface area contributed by atoms with Gasteiger partial charge in [0.25, 0.3) is 0 Å². The number of nitrogens with one attached hydrogen (secondary N) is 1. The van der Waals surface area contributed by atoms with E-state index in [2.05, 4.69) is 15.0 Å². The Balaban J connectivity index is 1.96. The molecule has 0 atom stereocenters. The third-order valence-electron chi connectivity index (χ3n) is 3.48. The van der Waals surface area contributed by atoms with Gasteiger partial charge in [0.15, 0.2) is 0 Å². The average molecular weight is 300 g/mol. The van der Waals surface area contributed by atoms with Crippen molar-refractivity contribution < 1.29 is 0 Å². The highest BCUT2D eigenvalue weighted by Crippen LogP contribution is 2.21. The molecule has 0 spiro atoms. The number of nitrogens with zero attached hydrogens (tertiary/aromatic N) is 3. The number of aromatic nitrogens is 2. The molecule has 1 aromatic heterocycles. The summed E-state index contributed by atoms with van der Waals surface area (Å²) in [5.74, 6) is 0. The van der Waals surface area contributed by atoms with Crippen LogP contribution in [-0.2, 0) is 0 Å². The molecular weight excluding hydrogens is 284 g/mol. The lowest BCUT2D eigenvalue weighted by Crippen LogP contribution is -1.90. The molecule has 0 unspecified atom stereocenters. The Morgan fingerprint density at radius 2 is 1.78 bits per heavy atom. The van der Waals surface area contributed by atoms with Crippen LogP contribution in [0, 0.1) is 5.41 Å². The van der Waals surface area contributed by atoms with Crippen molar-refractivity contribution in [3.05, 3.63) is 66.5 Å². The number of allylic oxidation sites excluding steroid dienone is 1.